The normalized spacial score (nSPS) is 11.3. The second-order valence-corrected chi connectivity index (χ2v) is 15.3. The Balaban J connectivity index is 2.65. The highest BCUT2D eigenvalue weighted by molar-refractivity contribution is 9.40. The molecule has 0 heterocycles. The van der Waals surface area contributed by atoms with Gasteiger partial charge in [-0.25, -0.2) is 9.59 Å². The monoisotopic (exact) mass is 733 g/mol. The lowest BCUT2D eigenvalue weighted by Gasteiger charge is -2.25. The fraction of sp³-hybridized carbons (Fsp3) is 0.429. The van der Waals surface area contributed by atoms with Crippen LogP contribution in [0.5, 0.6) is 0 Å². The predicted molar refractivity (Wildman–Crippen MR) is 119 cm³/mol. The summed E-state index contributed by atoms with van der Waals surface area (Å²) in [7, 11) is 0. The lowest BCUT2D eigenvalue weighted by molar-refractivity contribution is -0.141. The Kier molecular flexibility index (Phi) is 11.1. The maximum Gasteiger partial charge on any atom is 0.345 e. The van der Waals surface area contributed by atoms with Crippen LogP contribution < -0.4 is 4.90 Å². The van der Waals surface area contributed by atoms with Crippen LogP contribution in [0.25, 0.3) is 0 Å². The third kappa shape index (κ3) is 9.55. The van der Waals surface area contributed by atoms with Gasteiger partial charge in [0.15, 0.2) is 3.74 Å². The molecule has 1 rings (SSSR count). The highest BCUT2D eigenvalue weighted by atomic mass is 80.0. The van der Waals surface area contributed by atoms with Crippen LogP contribution in [0.2, 0.25) is 0 Å². The number of benzene rings is 1. The van der Waals surface area contributed by atoms with Crippen LogP contribution in [-0.4, -0.2) is 44.1 Å². The van der Waals surface area contributed by atoms with Gasteiger partial charge in [-0.3, -0.25) is 0 Å². The summed E-state index contributed by atoms with van der Waals surface area (Å²) in [6.07, 6.45) is 0. The molecule has 1 aromatic carbocycles. The van der Waals surface area contributed by atoms with E-state index in [4.69, 9.17) is 9.47 Å². The van der Waals surface area contributed by atoms with E-state index in [1.165, 1.54) is 0 Å². The van der Waals surface area contributed by atoms with Gasteiger partial charge in [0.1, 0.15) is 13.2 Å². The number of hydrogen-bond donors (Lipinski definition) is 0. The average Bonchev–Trinajstić information content (AvgIpc) is 2.51. The molecule has 0 N–H and O–H groups in total. The van der Waals surface area contributed by atoms with Gasteiger partial charge in [-0.1, -0.05) is 53.9 Å². The fourth-order valence-electron chi connectivity index (χ4n) is 1.69. The summed E-state index contributed by atoms with van der Waals surface area (Å²) in [6, 6.07) is 7.68. The van der Waals surface area contributed by atoms with Crippen molar-refractivity contribution in [2.45, 2.75) is 5.88 Å². The molecule has 140 valence electrons. The van der Waals surface area contributed by atoms with Gasteiger partial charge < -0.3 is 14.4 Å². The molecule has 1 aromatic rings. The van der Waals surface area contributed by atoms with E-state index < -0.39 is 17.8 Å². The van der Waals surface area contributed by atoms with Crippen molar-refractivity contribution in [3.05, 3.63) is 28.7 Å². The summed E-state index contributed by atoms with van der Waals surface area (Å²) in [5, 5.41) is 0. The van der Waals surface area contributed by atoms with E-state index in [2.05, 4.69) is 95.6 Å². The molecule has 0 aromatic heterocycles. The van der Waals surface area contributed by atoms with Crippen LogP contribution in [0.15, 0.2) is 28.7 Å². The smallest absolute Gasteiger partial charge is 0.345 e. The van der Waals surface area contributed by atoms with Crippen molar-refractivity contribution in [3.8, 4) is 0 Å². The molecule has 0 amide bonds. The summed E-state index contributed by atoms with van der Waals surface area (Å²) in [5.41, 5.74) is 0.915. The Morgan fingerprint density at radius 2 is 1.68 bits per heavy atom. The third-order valence-electron chi connectivity index (χ3n) is 2.78. The number of carbonyl (C=O) groups is 2. The third-order valence-corrected chi connectivity index (χ3v) is 4.99. The first kappa shape index (κ1) is 23.9. The Morgan fingerprint density at radius 1 is 1.08 bits per heavy atom. The summed E-state index contributed by atoms with van der Waals surface area (Å²) in [4.78, 5) is 25.2. The second kappa shape index (κ2) is 11.6. The van der Waals surface area contributed by atoms with Gasteiger partial charge in [-0.05, 0) is 66.0 Å². The predicted octanol–water partition coefficient (Wildman–Crippen LogP) is 5.30. The van der Waals surface area contributed by atoms with E-state index in [-0.39, 0.29) is 13.2 Å². The van der Waals surface area contributed by atoms with Gasteiger partial charge in [0, 0.05) is 10.2 Å². The number of nitrogens with zero attached hydrogens (tertiary/aromatic N) is 1. The van der Waals surface area contributed by atoms with Crippen molar-refractivity contribution in [2.24, 2.45) is 0 Å². The fourth-order valence-corrected chi connectivity index (χ4v) is 2.69. The molecule has 0 saturated carbocycles. The van der Waals surface area contributed by atoms with Crippen LogP contribution in [-0.2, 0) is 19.1 Å². The first-order valence-electron chi connectivity index (χ1n) is 6.80. The van der Waals surface area contributed by atoms with Gasteiger partial charge in [-0.15, -0.1) is 0 Å². The number of rotatable bonds is 8. The molecule has 0 bridgehead atoms. The Bertz CT molecular complexity index is 593. The first-order chi connectivity index (χ1) is 11.6. The largest absolute Gasteiger partial charge is 0.462 e. The summed E-state index contributed by atoms with van der Waals surface area (Å²) in [5.74, 6) is -0.891. The minimum atomic E-state index is -1.09. The lowest BCUT2D eigenvalue weighted by atomic mass is 10.3. The van der Waals surface area contributed by atoms with Crippen LogP contribution in [0.4, 0.5) is 5.69 Å². The average molecular weight is 739 g/mol. The highest BCUT2D eigenvalue weighted by Gasteiger charge is 2.30. The number of carbonyl (C=O) groups excluding carboxylic acids is 2. The number of hydrogen-bond acceptors (Lipinski definition) is 5. The van der Waals surface area contributed by atoms with Gasteiger partial charge >= 0.3 is 11.9 Å². The minimum absolute atomic E-state index is 0.170. The topological polar surface area (TPSA) is 55.8 Å². The molecule has 0 aliphatic rings. The van der Waals surface area contributed by atoms with Gasteiger partial charge in [-0.2, -0.15) is 0 Å². The molecule has 0 radical (unpaired) electrons. The van der Waals surface area contributed by atoms with Crippen molar-refractivity contribution < 1.29 is 19.1 Å². The Hall–Kier alpha value is 0.840. The molecule has 0 saturated heterocycles. The van der Waals surface area contributed by atoms with Crippen LogP contribution in [0.3, 0.4) is 0 Å². The quantitative estimate of drug-likeness (QED) is 0.268. The van der Waals surface area contributed by atoms with Crippen molar-refractivity contribution in [1.29, 1.82) is 0 Å². The zero-order valence-electron chi connectivity index (χ0n) is 12.6. The Morgan fingerprint density at radius 3 is 2.20 bits per heavy atom. The van der Waals surface area contributed by atoms with Crippen LogP contribution >= 0.6 is 95.6 Å². The van der Waals surface area contributed by atoms with Crippen molar-refractivity contribution in [3.63, 3.8) is 0 Å². The first-order valence-corrected chi connectivity index (χ1v) is 11.8. The van der Waals surface area contributed by atoms with Crippen LogP contribution in [0.1, 0.15) is 0 Å². The van der Waals surface area contributed by atoms with Crippen molar-refractivity contribution in [2.75, 3.05) is 31.2 Å². The molecule has 0 fully saturated rings. The zero-order chi connectivity index (χ0) is 19.0. The second-order valence-electron chi connectivity index (χ2n) is 4.57. The van der Waals surface area contributed by atoms with E-state index in [1.807, 2.05) is 29.2 Å². The zero-order valence-corrected chi connectivity index (χ0v) is 22.1. The minimum Gasteiger partial charge on any atom is -0.462 e. The van der Waals surface area contributed by atoms with E-state index >= 15 is 0 Å². The molecular weight excluding hydrogens is 726 g/mol. The number of esters is 2. The van der Waals surface area contributed by atoms with Gasteiger partial charge in [0.05, 0.1) is 13.1 Å². The van der Waals surface area contributed by atoms with E-state index in [9.17, 15) is 9.59 Å². The maximum absolute atomic E-state index is 11.7. The molecule has 0 unspecified atom stereocenters. The number of alkyl halides is 5. The lowest BCUT2D eigenvalue weighted by Crippen LogP contribution is -2.33. The number of ether oxygens (including phenoxy) is 2. The molecule has 0 aliphatic carbocycles. The molecule has 11 heteroatoms. The summed E-state index contributed by atoms with van der Waals surface area (Å²) < 4.78 is 9.64. The van der Waals surface area contributed by atoms with Gasteiger partial charge in [0.25, 0.3) is 0 Å². The molecule has 5 nitrogen and oxygen atoms in total. The van der Waals surface area contributed by atoms with Crippen LogP contribution in [0, 0.1) is 0 Å². The molecular formula is C14H13Br6NO4. The van der Waals surface area contributed by atoms with Crippen molar-refractivity contribution >= 4 is 113 Å². The maximum atomic E-state index is 11.7. The SMILES string of the molecule is O=C(OCCN(CCOC(=O)C(Br)(Br)Br)c1cccc(Br)c1)C(Br)Br. The number of anilines is 1. The summed E-state index contributed by atoms with van der Waals surface area (Å²) in [6.45, 7) is 1.26. The van der Waals surface area contributed by atoms with E-state index in [0.29, 0.717) is 13.1 Å². The van der Waals surface area contributed by atoms with E-state index in [0.717, 1.165) is 10.2 Å². The summed E-state index contributed by atoms with van der Waals surface area (Å²) >= 11 is 18.9. The molecule has 0 spiro atoms. The highest BCUT2D eigenvalue weighted by Crippen LogP contribution is 2.34. The molecule has 25 heavy (non-hydrogen) atoms. The standard InChI is InChI=1S/C14H13Br6NO4/c15-9-2-1-3-10(8-9)21(4-6-24-12(22)11(16)17)5-7-25-13(23)14(18,19)20/h1-3,8,11H,4-7H2. The van der Waals surface area contributed by atoms with Crippen molar-refractivity contribution in [1.82, 2.24) is 0 Å². The number of halogens is 6. The molecule has 0 atom stereocenters. The molecule has 0 aliphatic heterocycles. The van der Waals surface area contributed by atoms with Gasteiger partial charge in [0.2, 0.25) is 2.14 Å². The Labute approximate surface area is 196 Å². The van der Waals surface area contributed by atoms with E-state index in [1.54, 1.807) is 0 Å².